The van der Waals surface area contributed by atoms with Crippen molar-refractivity contribution in [1.82, 2.24) is 14.2 Å². The molecule has 4 rings (SSSR count). The summed E-state index contributed by atoms with van der Waals surface area (Å²) in [5.74, 6) is 0.130. The molecular weight excluding hydrogens is 484 g/mol. The van der Waals surface area contributed by atoms with E-state index in [1.807, 2.05) is 45.0 Å². The van der Waals surface area contributed by atoms with Gasteiger partial charge in [-0.05, 0) is 69.7 Å². The molecule has 2 aromatic heterocycles. The van der Waals surface area contributed by atoms with Crippen molar-refractivity contribution in [2.45, 2.75) is 27.7 Å². The molecule has 33 heavy (non-hydrogen) atoms. The Bertz CT molecular complexity index is 1500. The van der Waals surface area contributed by atoms with Crippen LogP contribution in [0.1, 0.15) is 38.7 Å². The Hall–Kier alpha value is -3.52. The van der Waals surface area contributed by atoms with E-state index in [0.717, 1.165) is 32.7 Å². The maximum Gasteiger partial charge on any atom is 0.338 e. The van der Waals surface area contributed by atoms with E-state index < -0.39 is 0 Å². The van der Waals surface area contributed by atoms with Gasteiger partial charge in [-0.25, -0.2) is 9.78 Å². The summed E-state index contributed by atoms with van der Waals surface area (Å²) in [5.41, 5.74) is 5.40. The number of hydrogen-bond acceptors (Lipinski definition) is 5. The van der Waals surface area contributed by atoms with Gasteiger partial charge in [0.25, 0.3) is 5.56 Å². The van der Waals surface area contributed by atoms with Crippen molar-refractivity contribution >= 4 is 39.0 Å². The molecule has 168 valence electrons. The summed E-state index contributed by atoms with van der Waals surface area (Å²) in [6, 6.07) is 13.0. The van der Waals surface area contributed by atoms with Crippen molar-refractivity contribution in [1.29, 1.82) is 0 Å². The van der Waals surface area contributed by atoms with Crippen molar-refractivity contribution in [3.05, 3.63) is 91.2 Å². The summed E-state index contributed by atoms with van der Waals surface area (Å²) in [4.78, 5) is 29.7. The molecule has 0 bridgehead atoms. The number of rotatable bonds is 4. The van der Waals surface area contributed by atoms with Crippen LogP contribution in [0.15, 0.2) is 56.8 Å². The Morgan fingerprint density at radius 2 is 1.88 bits per heavy atom. The lowest BCUT2D eigenvalue weighted by Gasteiger charge is -2.15. The van der Waals surface area contributed by atoms with Crippen molar-refractivity contribution in [3.8, 4) is 5.69 Å². The largest absolute Gasteiger partial charge is 0.465 e. The fourth-order valence-electron chi connectivity index (χ4n) is 4.00. The quantitative estimate of drug-likeness (QED) is 0.292. The fourth-order valence-corrected chi connectivity index (χ4v) is 4.36. The van der Waals surface area contributed by atoms with E-state index in [-0.39, 0.29) is 11.5 Å². The zero-order valence-corrected chi connectivity index (χ0v) is 20.6. The van der Waals surface area contributed by atoms with E-state index in [1.54, 1.807) is 31.3 Å². The molecular formula is C25H23BrN4O3. The Morgan fingerprint density at radius 1 is 1.12 bits per heavy atom. The van der Waals surface area contributed by atoms with Crippen LogP contribution in [0.4, 0.5) is 0 Å². The average molecular weight is 507 g/mol. The molecule has 2 aromatic carbocycles. The highest BCUT2D eigenvalue weighted by Gasteiger charge is 2.17. The number of aryl methyl sites for hydroxylation is 2. The molecule has 0 saturated heterocycles. The minimum absolute atomic E-state index is 0.231. The molecule has 0 saturated carbocycles. The van der Waals surface area contributed by atoms with Crippen LogP contribution in [-0.2, 0) is 4.74 Å². The number of fused-ring (bicyclic) bond motifs is 1. The van der Waals surface area contributed by atoms with Crippen LogP contribution in [0.25, 0.3) is 16.6 Å². The third-order valence-corrected chi connectivity index (χ3v) is 6.20. The first-order valence-corrected chi connectivity index (χ1v) is 11.1. The van der Waals surface area contributed by atoms with Gasteiger partial charge in [-0.3, -0.25) is 4.79 Å². The molecule has 0 spiro atoms. The van der Waals surface area contributed by atoms with Crippen molar-refractivity contribution in [2.24, 2.45) is 5.10 Å². The van der Waals surface area contributed by atoms with Crippen molar-refractivity contribution < 1.29 is 9.53 Å². The van der Waals surface area contributed by atoms with E-state index >= 15 is 0 Å². The molecule has 0 fully saturated rings. The van der Waals surface area contributed by atoms with Gasteiger partial charge in [-0.2, -0.15) is 9.78 Å². The summed E-state index contributed by atoms with van der Waals surface area (Å²) in [6.45, 7) is 7.62. The van der Waals surface area contributed by atoms with Crippen LogP contribution < -0.4 is 5.56 Å². The monoisotopic (exact) mass is 506 g/mol. The van der Waals surface area contributed by atoms with Gasteiger partial charge in [-0.15, -0.1) is 0 Å². The predicted molar refractivity (Wildman–Crippen MR) is 133 cm³/mol. The number of nitrogens with zero attached hydrogens (tertiary/aromatic N) is 4. The zero-order valence-electron chi connectivity index (χ0n) is 19.0. The maximum atomic E-state index is 13.0. The van der Waals surface area contributed by atoms with Gasteiger partial charge in [0.15, 0.2) is 0 Å². The van der Waals surface area contributed by atoms with Gasteiger partial charge in [0.2, 0.25) is 0 Å². The summed E-state index contributed by atoms with van der Waals surface area (Å²) >= 11 is 3.41. The smallest absolute Gasteiger partial charge is 0.338 e. The first-order chi connectivity index (χ1) is 15.7. The van der Waals surface area contributed by atoms with Gasteiger partial charge in [0.05, 0.1) is 29.8 Å². The van der Waals surface area contributed by atoms with Crippen LogP contribution in [0.5, 0.6) is 0 Å². The second-order valence-electron chi connectivity index (χ2n) is 7.79. The van der Waals surface area contributed by atoms with E-state index in [4.69, 9.17) is 4.74 Å². The fraction of sp³-hybridized carbons (Fsp3) is 0.200. The third-order valence-electron chi connectivity index (χ3n) is 5.70. The molecule has 0 aliphatic rings. The molecule has 0 radical (unpaired) electrons. The SMILES string of the molecule is COC(=O)c1cccc(-n2c(C)cc(C=Nn3c(C)nc4ccc(Br)cc4c3=O)c2C)c1C. The van der Waals surface area contributed by atoms with Crippen molar-refractivity contribution in [2.75, 3.05) is 7.11 Å². The number of hydrogen-bond donors (Lipinski definition) is 0. The first kappa shape index (κ1) is 22.7. The number of carbonyl (C=O) groups excluding carboxylic acids is 1. The predicted octanol–water partition coefficient (Wildman–Crippen LogP) is 4.85. The third kappa shape index (κ3) is 4.02. The molecule has 0 atom stereocenters. The highest BCUT2D eigenvalue weighted by molar-refractivity contribution is 9.10. The van der Waals surface area contributed by atoms with Gasteiger partial charge >= 0.3 is 5.97 Å². The van der Waals surface area contributed by atoms with Crippen molar-refractivity contribution in [3.63, 3.8) is 0 Å². The number of benzene rings is 2. The lowest BCUT2D eigenvalue weighted by Crippen LogP contribution is -2.20. The van der Waals surface area contributed by atoms with Crippen LogP contribution in [0, 0.1) is 27.7 Å². The van der Waals surface area contributed by atoms with E-state index in [1.165, 1.54) is 11.8 Å². The van der Waals surface area contributed by atoms with Gasteiger partial charge in [0, 0.05) is 27.1 Å². The summed E-state index contributed by atoms with van der Waals surface area (Å²) in [6.07, 6.45) is 1.66. The standard InChI is InChI=1S/C25H23BrN4O3/c1-14-11-18(16(3)29(14)23-8-6-7-20(15(23)2)25(32)33-5)13-27-30-17(4)28-22-10-9-19(26)12-21(22)24(30)31/h6-13H,1-5H3. The normalized spacial score (nSPS) is 11.5. The van der Waals surface area contributed by atoms with Crippen LogP contribution in [-0.4, -0.2) is 33.5 Å². The van der Waals surface area contributed by atoms with Crippen LogP contribution in [0.3, 0.4) is 0 Å². The van der Waals surface area contributed by atoms with Gasteiger partial charge in [0.1, 0.15) is 5.82 Å². The molecule has 2 heterocycles. The minimum Gasteiger partial charge on any atom is -0.465 e. The number of carbonyl (C=O) groups is 1. The summed E-state index contributed by atoms with van der Waals surface area (Å²) < 4.78 is 9.09. The molecule has 0 amide bonds. The van der Waals surface area contributed by atoms with E-state index in [2.05, 4.69) is 30.6 Å². The molecule has 7 nitrogen and oxygen atoms in total. The maximum absolute atomic E-state index is 13.0. The lowest BCUT2D eigenvalue weighted by molar-refractivity contribution is 0.0600. The molecule has 0 N–H and O–H groups in total. The summed E-state index contributed by atoms with van der Waals surface area (Å²) in [7, 11) is 1.37. The zero-order chi connectivity index (χ0) is 23.9. The van der Waals surface area contributed by atoms with E-state index in [0.29, 0.717) is 22.3 Å². The molecule has 0 unspecified atom stereocenters. The Balaban J connectivity index is 1.80. The van der Waals surface area contributed by atoms with Crippen LogP contribution >= 0.6 is 15.9 Å². The first-order valence-electron chi connectivity index (χ1n) is 10.3. The second-order valence-corrected chi connectivity index (χ2v) is 8.70. The summed E-state index contributed by atoms with van der Waals surface area (Å²) in [5, 5.41) is 4.95. The average Bonchev–Trinajstić information content (AvgIpc) is 3.07. The topological polar surface area (TPSA) is 78.5 Å². The second kappa shape index (κ2) is 8.78. The van der Waals surface area contributed by atoms with Gasteiger partial charge < -0.3 is 9.30 Å². The lowest BCUT2D eigenvalue weighted by atomic mass is 10.1. The number of aromatic nitrogens is 3. The number of methoxy groups -OCH3 is 1. The molecule has 4 aromatic rings. The highest BCUT2D eigenvalue weighted by atomic mass is 79.9. The Morgan fingerprint density at radius 3 is 2.61 bits per heavy atom. The molecule has 0 aliphatic carbocycles. The van der Waals surface area contributed by atoms with Gasteiger partial charge in [-0.1, -0.05) is 22.0 Å². The van der Waals surface area contributed by atoms with Crippen LogP contribution in [0.2, 0.25) is 0 Å². The Labute approximate surface area is 199 Å². The number of ether oxygens (including phenoxy) is 1. The molecule has 8 heteroatoms. The molecule has 0 aliphatic heterocycles. The number of halogens is 1. The minimum atomic E-state index is -0.371. The van der Waals surface area contributed by atoms with E-state index in [9.17, 15) is 9.59 Å². The Kier molecular flexibility index (Phi) is 6.03. The highest BCUT2D eigenvalue weighted by Crippen LogP contribution is 2.25. The number of esters is 1.